The van der Waals surface area contributed by atoms with Gasteiger partial charge in [0.05, 0.1) is 26.4 Å². The van der Waals surface area contributed by atoms with E-state index in [4.69, 9.17) is 37.0 Å². The molecule has 17 nitrogen and oxygen atoms in total. The van der Waals surface area contributed by atoms with Crippen molar-refractivity contribution in [3.05, 3.63) is 0 Å². The molecule has 0 spiro atoms. The third-order valence-corrected chi connectivity index (χ3v) is 17.8. The van der Waals surface area contributed by atoms with Gasteiger partial charge in [0.15, 0.2) is 12.2 Å². The molecule has 0 radical (unpaired) electrons. The third-order valence-electron chi connectivity index (χ3n) is 15.9. The third kappa shape index (κ3) is 62.6. The van der Waals surface area contributed by atoms with Crippen LogP contribution in [0.3, 0.4) is 0 Å². The summed E-state index contributed by atoms with van der Waals surface area (Å²) in [7, 11) is -9.89. The zero-order valence-corrected chi connectivity index (χ0v) is 57.8. The van der Waals surface area contributed by atoms with Crippen molar-refractivity contribution in [3.8, 4) is 0 Å². The van der Waals surface area contributed by atoms with Gasteiger partial charge >= 0.3 is 39.5 Å². The normalized spacial score (nSPS) is 14.1. The maximum atomic E-state index is 13.0. The Kier molecular flexibility index (Phi) is 61.4. The Morgan fingerprint density at radius 2 is 0.460 bits per heavy atom. The predicted octanol–water partition coefficient (Wildman–Crippen LogP) is 19.5. The average Bonchev–Trinajstić information content (AvgIpc) is 3.71. The number of hydrogen-bond donors (Lipinski definition) is 3. The minimum atomic E-state index is -4.95. The zero-order chi connectivity index (χ0) is 64.0. The molecule has 87 heavy (non-hydrogen) atoms. The molecule has 0 rings (SSSR count). The first kappa shape index (κ1) is 85.1. The standard InChI is InChI=1S/C68H132O17P2/c1-5-9-13-17-21-24-27-29-30-31-32-33-34-36-39-43-47-51-55-68(73)85-64(59-79-66(71)53-49-45-41-38-35-28-25-22-18-14-10-6-2)61-83-87(76,77)81-57-62(69)56-80-86(74,75)82-60-63(58-78-65(70)52-48-44-40-20-16-12-8-4)84-67(72)54-50-46-42-37-26-23-19-15-11-7-3/h62-64,69H,5-61H2,1-4H3,(H,74,75)(H,76,77)/t62-,63+,64+/m0/s1. The molecule has 0 aromatic carbocycles. The topological polar surface area (TPSA) is 237 Å². The lowest BCUT2D eigenvalue weighted by Crippen LogP contribution is -2.30. The first-order chi connectivity index (χ1) is 42.2. The molecule has 0 fully saturated rings. The van der Waals surface area contributed by atoms with Gasteiger partial charge in [-0.3, -0.25) is 37.3 Å². The molecule has 0 aliphatic rings. The van der Waals surface area contributed by atoms with Crippen molar-refractivity contribution < 1.29 is 80.2 Å². The van der Waals surface area contributed by atoms with Gasteiger partial charge in [0.2, 0.25) is 0 Å². The monoisotopic (exact) mass is 1280 g/mol. The second kappa shape index (κ2) is 62.8. The van der Waals surface area contributed by atoms with Crippen LogP contribution in [0.2, 0.25) is 0 Å². The van der Waals surface area contributed by atoms with Crippen LogP contribution in [-0.4, -0.2) is 96.7 Å². The van der Waals surface area contributed by atoms with Gasteiger partial charge in [0.1, 0.15) is 19.3 Å². The molecule has 2 unspecified atom stereocenters. The van der Waals surface area contributed by atoms with Crippen molar-refractivity contribution >= 4 is 39.5 Å². The van der Waals surface area contributed by atoms with Gasteiger partial charge < -0.3 is 33.8 Å². The van der Waals surface area contributed by atoms with E-state index in [2.05, 4.69) is 27.7 Å². The van der Waals surface area contributed by atoms with E-state index in [0.717, 1.165) is 103 Å². The Bertz CT molecular complexity index is 1670. The molecule has 0 amide bonds. The maximum Gasteiger partial charge on any atom is 0.472 e. The van der Waals surface area contributed by atoms with Crippen molar-refractivity contribution in [2.75, 3.05) is 39.6 Å². The Morgan fingerprint density at radius 1 is 0.276 bits per heavy atom. The highest BCUT2D eigenvalue weighted by atomic mass is 31.2. The number of carbonyl (C=O) groups is 4. The highest BCUT2D eigenvalue weighted by Gasteiger charge is 2.30. The van der Waals surface area contributed by atoms with Crippen LogP contribution in [0.5, 0.6) is 0 Å². The molecule has 0 saturated carbocycles. The summed E-state index contributed by atoms with van der Waals surface area (Å²) in [6.07, 6.45) is 50.0. The van der Waals surface area contributed by atoms with E-state index in [1.807, 2.05) is 0 Å². The molecule has 0 aliphatic carbocycles. The number of ether oxygens (including phenoxy) is 4. The van der Waals surface area contributed by atoms with Crippen molar-refractivity contribution in [1.82, 2.24) is 0 Å². The fourth-order valence-electron chi connectivity index (χ4n) is 10.3. The lowest BCUT2D eigenvalue weighted by Gasteiger charge is -2.21. The first-order valence-electron chi connectivity index (χ1n) is 35.8. The second-order valence-electron chi connectivity index (χ2n) is 24.6. The van der Waals surface area contributed by atoms with Gasteiger partial charge in [-0.1, -0.05) is 304 Å². The summed E-state index contributed by atoms with van der Waals surface area (Å²) in [4.78, 5) is 72.3. The summed E-state index contributed by atoms with van der Waals surface area (Å²) in [6, 6.07) is 0. The van der Waals surface area contributed by atoms with Crippen molar-refractivity contribution in [3.63, 3.8) is 0 Å². The van der Waals surface area contributed by atoms with Gasteiger partial charge in [-0.25, -0.2) is 9.13 Å². The summed E-state index contributed by atoms with van der Waals surface area (Å²) >= 11 is 0. The predicted molar refractivity (Wildman–Crippen MR) is 349 cm³/mol. The Balaban J connectivity index is 5.17. The molecular formula is C68H132O17P2. The summed E-state index contributed by atoms with van der Waals surface area (Å²) in [6.45, 7) is 4.88. The van der Waals surface area contributed by atoms with Gasteiger partial charge in [-0.05, 0) is 25.7 Å². The minimum Gasteiger partial charge on any atom is -0.462 e. The lowest BCUT2D eigenvalue weighted by atomic mass is 10.0. The van der Waals surface area contributed by atoms with Gasteiger partial charge in [0, 0.05) is 25.7 Å². The fourth-order valence-corrected chi connectivity index (χ4v) is 11.9. The largest absolute Gasteiger partial charge is 0.472 e. The van der Waals surface area contributed by atoms with E-state index >= 15 is 0 Å². The number of unbranched alkanes of at least 4 members (excludes halogenated alkanes) is 43. The molecule has 0 saturated heterocycles. The van der Waals surface area contributed by atoms with Gasteiger partial charge in [0.25, 0.3) is 0 Å². The van der Waals surface area contributed by atoms with Crippen LogP contribution >= 0.6 is 15.6 Å². The number of phosphoric ester groups is 2. The summed E-state index contributed by atoms with van der Waals surface area (Å²) in [5.41, 5.74) is 0. The lowest BCUT2D eigenvalue weighted by molar-refractivity contribution is -0.161. The van der Waals surface area contributed by atoms with E-state index in [0.29, 0.717) is 25.7 Å². The van der Waals surface area contributed by atoms with Crippen molar-refractivity contribution in [1.29, 1.82) is 0 Å². The number of rotatable bonds is 69. The Labute approximate surface area is 530 Å². The molecule has 0 aromatic rings. The molecule has 0 heterocycles. The second-order valence-corrected chi connectivity index (χ2v) is 27.5. The van der Waals surface area contributed by atoms with Crippen LogP contribution in [0.15, 0.2) is 0 Å². The average molecular weight is 1280 g/mol. The molecular weight excluding hydrogens is 1150 g/mol. The molecule has 0 aliphatic heterocycles. The van der Waals surface area contributed by atoms with Gasteiger partial charge in [-0.15, -0.1) is 0 Å². The van der Waals surface area contributed by atoms with E-state index in [9.17, 15) is 43.2 Å². The van der Waals surface area contributed by atoms with Crippen LogP contribution in [0.4, 0.5) is 0 Å². The molecule has 0 aromatic heterocycles. The summed E-state index contributed by atoms with van der Waals surface area (Å²) < 4.78 is 68.1. The number of hydrogen-bond acceptors (Lipinski definition) is 15. The zero-order valence-electron chi connectivity index (χ0n) is 56.0. The Hall–Kier alpha value is -1.94. The van der Waals surface area contributed by atoms with E-state index < -0.39 is 97.5 Å². The quantitative estimate of drug-likeness (QED) is 0.0222. The van der Waals surface area contributed by atoms with Crippen LogP contribution in [0, 0.1) is 0 Å². The number of esters is 4. The number of carbonyl (C=O) groups excluding carboxylic acids is 4. The molecule has 19 heteroatoms. The number of phosphoric acid groups is 2. The molecule has 0 bridgehead atoms. The Morgan fingerprint density at radius 3 is 0.678 bits per heavy atom. The van der Waals surface area contributed by atoms with Gasteiger partial charge in [-0.2, -0.15) is 0 Å². The summed E-state index contributed by atoms with van der Waals surface area (Å²) in [5, 5.41) is 10.5. The highest BCUT2D eigenvalue weighted by molar-refractivity contribution is 7.47. The van der Waals surface area contributed by atoms with Crippen LogP contribution < -0.4 is 0 Å². The molecule has 5 atom stereocenters. The number of aliphatic hydroxyl groups excluding tert-OH is 1. The summed E-state index contributed by atoms with van der Waals surface area (Å²) in [5.74, 6) is -2.13. The first-order valence-corrected chi connectivity index (χ1v) is 38.8. The fraction of sp³-hybridized carbons (Fsp3) is 0.941. The van der Waals surface area contributed by atoms with E-state index in [1.165, 1.54) is 173 Å². The SMILES string of the molecule is CCCCCCCCCCCCCCCCCCCCC(=O)O[C@H](COC(=O)CCCCCCCCCCCCCC)COP(=O)(O)OC[C@@H](O)COP(=O)(O)OC[C@@H](COC(=O)CCCCCCCCC)OC(=O)CCCCCCCCCCCC. The minimum absolute atomic E-state index is 0.106. The van der Waals surface area contributed by atoms with Crippen molar-refractivity contribution in [2.24, 2.45) is 0 Å². The van der Waals surface area contributed by atoms with E-state index in [-0.39, 0.29) is 25.7 Å². The van der Waals surface area contributed by atoms with E-state index in [1.54, 1.807) is 0 Å². The maximum absolute atomic E-state index is 13.0. The molecule has 3 N–H and O–H groups in total. The molecule has 516 valence electrons. The van der Waals surface area contributed by atoms with Crippen LogP contribution in [-0.2, 0) is 65.4 Å². The number of aliphatic hydroxyl groups is 1. The van der Waals surface area contributed by atoms with Crippen molar-refractivity contribution in [2.45, 2.75) is 373 Å². The van der Waals surface area contributed by atoms with Crippen LogP contribution in [0.25, 0.3) is 0 Å². The van der Waals surface area contributed by atoms with Crippen LogP contribution in [0.1, 0.15) is 355 Å². The smallest absolute Gasteiger partial charge is 0.462 e. The highest BCUT2D eigenvalue weighted by Crippen LogP contribution is 2.45.